The summed E-state index contributed by atoms with van der Waals surface area (Å²) in [7, 11) is 1.81. The SMILES string of the molecule is CCNC(CC1CCC1)CC(C)(C)OC. The molecule has 1 saturated carbocycles. The van der Waals surface area contributed by atoms with Gasteiger partial charge in [0, 0.05) is 13.2 Å². The summed E-state index contributed by atoms with van der Waals surface area (Å²) in [6.07, 6.45) is 6.77. The second kappa shape index (κ2) is 5.86. The molecule has 2 heteroatoms. The lowest BCUT2D eigenvalue weighted by atomic mass is 9.79. The molecular weight excluding hydrogens is 186 g/mol. The third-order valence-corrected chi connectivity index (χ3v) is 3.63. The maximum absolute atomic E-state index is 5.51. The second-order valence-corrected chi connectivity index (χ2v) is 5.46. The van der Waals surface area contributed by atoms with E-state index in [-0.39, 0.29) is 5.60 Å². The molecule has 1 aliphatic rings. The van der Waals surface area contributed by atoms with E-state index in [0.29, 0.717) is 6.04 Å². The van der Waals surface area contributed by atoms with Crippen LogP contribution in [0.3, 0.4) is 0 Å². The molecule has 1 unspecified atom stereocenters. The molecule has 0 radical (unpaired) electrons. The molecule has 0 aromatic carbocycles. The van der Waals surface area contributed by atoms with Gasteiger partial charge < -0.3 is 10.1 Å². The maximum atomic E-state index is 5.51. The first-order chi connectivity index (χ1) is 7.07. The van der Waals surface area contributed by atoms with Gasteiger partial charge in [-0.15, -0.1) is 0 Å². The van der Waals surface area contributed by atoms with Crippen LogP contribution >= 0.6 is 0 Å². The summed E-state index contributed by atoms with van der Waals surface area (Å²) in [5.74, 6) is 0.974. The Labute approximate surface area is 94.8 Å². The summed E-state index contributed by atoms with van der Waals surface area (Å²) in [5, 5.41) is 3.59. The zero-order valence-corrected chi connectivity index (χ0v) is 10.8. The minimum atomic E-state index is 0.0105. The Morgan fingerprint density at radius 1 is 1.40 bits per heavy atom. The zero-order chi connectivity index (χ0) is 11.3. The first kappa shape index (κ1) is 13.0. The van der Waals surface area contributed by atoms with Crippen molar-refractivity contribution < 1.29 is 4.74 Å². The number of ether oxygens (including phenoxy) is 1. The fourth-order valence-electron chi connectivity index (χ4n) is 2.34. The summed E-state index contributed by atoms with van der Waals surface area (Å²) in [6, 6.07) is 0.634. The molecule has 0 aliphatic heterocycles. The van der Waals surface area contributed by atoms with Gasteiger partial charge in [-0.3, -0.25) is 0 Å². The van der Waals surface area contributed by atoms with Crippen LogP contribution in [0.25, 0.3) is 0 Å². The van der Waals surface area contributed by atoms with Gasteiger partial charge in [-0.05, 0) is 39.2 Å². The number of rotatable bonds is 7. The number of methoxy groups -OCH3 is 1. The third kappa shape index (κ3) is 4.52. The van der Waals surface area contributed by atoms with Gasteiger partial charge in [0.05, 0.1) is 5.60 Å². The van der Waals surface area contributed by atoms with Crippen LogP contribution in [0, 0.1) is 5.92 Å². The lowest BCUT2D eigenvalue weighted by Crippen LogP contribution is -2.39. The monoisotopic (exact) mass is 213 g/mol. The van der Waals surface area contributed by atoms with Crippen LogP contribution in [-0.4, -0.2) is 25.3 Å². The van der Waals surface area contributed by atoms with Crippen LogP contribution < -0.4 is 5.32 Å². The van der Waals surface area contributed by atoms with Gasteiger partial charge in [0.15, 0.2) is 0 Å². The molecule has 0 amide bonds. The number of hydrogen-bond acceptors (Lipinski definition) is 2. The number of hydrogen-bond donors (Lipinski definition) is 1. The van der Waals surface area contributed by atoms with Crippen molar-refractivity contribution in [1.29, 1.82) is 0 Å². The van der Waals surface area contributed by atoms with Crippen molar-refractivity contribution in [2.24, 2.45) is 5.92 Å². The molecule has 1 atom stereocenters. The van der Waals surface area contributed by atoms with Crippen LogP contribution in [0.15, 0.2) is 0 Å². The largest absolute Gasteiger partial charge is 0.379 e. The van der Waals surface area contributed by atoms with Crippen LogP contribution in [-0.2, 0) is 4.74 Å². The summed E-state index contributed by atoms with van der Waals surface area (Å²) in [5.41, 5.74) is 0.0105. The highest BCUT2D eigenvalue weighted by Crippen LogP contribution is 2.32. The van der Waals surface area contributed by atoms with Crippen molar-refractivity contribution in [2.45, 2.75) is 64.5 Å². The standard InChI is InChI=1S/C13H27NO/c1-5-14-12(9-11-7-6-8-11)10-13(2,3)15-4/h11-12,14H,5-10H2,1-4H3. The molecule has 2 nitrogen and oxygen atoms in total. The van der Waals surface area contributed by atoms with Crippen LogP contribution in [0.5, 0.6) is 0 Å². The Balaban J connectivity index is 2.34. The predicted molar refractivity (Wildman–Crippen MR) is 65.1 cm³/mol. The Morgan fingerprint density at radius 2 is 2.07 bits per heavy atom. The summed E-state index contributed by atoms with van der Waals surface area (Å²) < 4.78 is 5.51. The fraction of sp³-hybridized carbons (Fsp3) is 1.00. The Morgan fingerprint density at radius 3 is 2.47 bits per heavy atom. The molecule has 90 valence electrons. The Hall–Kier alpha value is -0.0800. The molecule has 1 N–H and O–H groups in total. The van der Waals surface area contributed by atoms with Crippen molar-refractivity contribution in [3.8, 4) is 0 Å². The van der Waals surface area contributed by atoms with E-state index in [1.54, 1.807) is 0 Å². The molecule has 0 bridgehead atoms. The summed E-state index contributed by atoms with van der Waals surface area (Å²) in [4.78, 5) is 0. The zero-order valence-electron chi connectivity index (χ0n) is 10.8. The highest BCUT2D eigenvalue weighted by Gasteiger charge is 2.26. The minimum absolute atomic E-state index is 0.0105. The van der Waals surface area contributed by atoms with E-state index in [1.807, 2.05) is 7.11 Å². The highest BCUT2D eigenvalue weighted by atomic mass is 16.5. The average molecular weight is 213 g/mol. The van der Waals surface area contributed by atoms with Crippen LogP contribution in [0.1, 0.15) is 52.9 Å². The van der Waals surface area contributed by atoms with Crippen molar-refractivity contribution >= 4 is 0 Å². The van der Waals surface area contributed by atoms with Crippen molar-refractivity contribution in [3.05, 3.63) is 0 Å². The summed E-state index contributed by atoms with van der Waals surface area (Å²) >= 11 is 0. The Bertz CT molecular complexity index is 175. The van der Waals surface area contributed by atoms with Crippen molar-refractivity contribution in [2.75, 3.05) is 13.7 Å². The smallest absolute Gasteiger partial charge is 0.0637 e. The second-order valence-electron chi connectivity index (χ2n) is 5.46. The van der Waals surface area contributed by atoms with Crippen molar-refractivity contribution in [3.63, 3.8) is 0 Å². The molecule has 0 saturated heterocycles. The predicted octanol–water partition coefficient (Wildman–Crippen LogP) is 2.97. The first-order valence-electron chi connectivity index (χ1n) is 6.36. The molecule has 1 fully saturated rings. The lowest BCUT2D eigenvalue weighted by molar-refractivity contribution is 0.00396. The molecule has 0 aromatic rings. The third-order valence-electron chi connectivity index (χ3n) is 3.63. The van der Waals surface area contributed by atoms with E-state index >= 15 is 0 Å². The van der Waals surface area contributed by atoms with Gasteiger partial charge in [-0.2, -0.15) is 0 Å². The Kier molecular flexibility index (Phi) is 5.07. The van der Waals surface area contributed by atoms with Crippen LogP contribution in [0.4, 0.5) is 0 Å². The van der Waals surface area contributed by atoms with Gasteiger partial charge in [0.25, 0.3) is 0 Å². The maximum Gasteiger partial charge on any atom is 0.0637 e. The van der Waals surface area contributed by atoms with E-state index in [9.17, 15) is 0 Å². The molecule has 0 spiro atoms. The molecule has 0 aromatic heterocycles. The van der Waals surface area contributed by atoms with E-state index in [4.69, 9.17) is 4.74 Å². The molecule has 15 heavy (non-hydrogen) atoms. The number of nitrogens with one attached hydrogen (secondary N) is 1. The normalized spacial score (nSPS) is 20.0. The van der Waals surface area contributed by atoms with Gasteiger partial charge in [0.2, 0.25) is 0 Å². The van der Waals surface area contributed by atoms with E-state index in [2.05, 4.69) is 26.1 Å². The quantitative estimate of drug-likeness (QED) is 0.702. The topological polar surface area (TPSA) is 21.3 Å². The summed E-state index contributed by atoms with van der Waals surface area (Å²) in [6.45, 7) is 7.61. The van der Waals surface area contributed by atoms with Gasteiger partial charge in [0.1, 0.15) is 0 Å². The van der Waals surface area contributed by atoms with Gasteiger partial charge in [-0.1, -0.05) is 26.2 Å². The fourth-order valence-corrected chi connectivity index (χ4v) is 2.34. The first-order valence-corrected chi connectivity index (χ1v) is 6.36. The van der Waals surface area contributed by atoms with Gasteiger partial charge >= 0.3 is 0 Å². The molecule has 1 aliphatic carbocycles. The highest BCUT2D eigenvalue weighted by molar-refractivity contribution is 4.82. The minimum Gasteiger partial charge on any atom is -0.379 e. The molecule has 0 heterocycles. The van der Waals surface area contributed by atoms with Crippen molar-refractivity contribution in [1.82, 2.24) is 5.32 Å². The van der Waals surface area contributed by atoms with E-state index in [0.717, 1.165) is 18.9 Å². The van der Waals surface area contributed by atoms with E-state index < -0.39 is 0 Å². The lowest BCUT2D eigenvalue weighted by Gasteiger charge is -2.34. The average Bonchev–Trinajstić information content (AvgIpc) is 2.11. The molecule has 1 rings (SSSR count). The van der Waals surface area contributed by atoms with Gasteiger partial charge in [-0.25, -0.2) is 0 Å². The van der Waals surface area contributed by atoms with Crippen LogP contribution in [0.2, 0.25) is 0 Å². The molecular formula is C13H27NO. The van der Waals surface area contributed by atoms with E-state index in [1.165, 1.54) is 25.7 Å².